The minimum atomic E-state index is -0.0684. The molecular weight excluding hydrogens is 268 g/mol. The van der Waals surface area contributed by atoms with E-state index >= 15 is 0 Å². The second kappa shape index (κ2) is 7.80. The fraction of sp³-hybridized carbons (Fsp3) is 0.625. The highest BCUT2D eigenvalue weighted by molar-refractivity contribution is 7.10. The van der Waals surface area contributed by atoms with Crippen molar-refractivity contribution in [2.24, 2.45) is 0 Å². The molecule has 2 rings (SSSR count). The average molecular weight is 292 g/mol. The van der Waals surface area contributed by atoms with Gasteiger partial charge in [0.05, 0.1) is 0 Å². The highest BCUT2D eigenvalue weighted by atomic mass is 32.1. The zero-order valence-corrected chi connectivity index (χ0v) is 13.2. The Balaban J connectivity index is 1.85. The second-order valence-corrected chi connectivity index (χ2v) is 6.34. The number of piperidine rings is 1. The first-order chi connectivity index (χ1) is 9.72. The Bertz CT molecular complexity index is 466. The monoisotopic (exact) mass is 292 g/mol. The molecule has 0 saturated carbocycles. The van der Waals surface area contributed by atoms with Gasteiger partial charge < -0.3 is 10.0 Å². The van der Waals surface area contributed by atoms with Crippen molar-refractivity contribution in [3.8, 4) is 11.8 Å². The highest BCUT2D eigenvalue weighted by Gasteiger charge is 2.21. The molecule has 1 N–H and O–H groups in total. The smallest absolute Gasteiger partial charge is 0.104 e. The maximum Gasteiger partial charge on any atom is 0.104 e. The Labute approximate surface area is 126 Å². The number of aliphatic hydroxyl groups excluding tert-OH is 1. The van der Waals surface area contributed by atoms with Crippen LogP contribution in [-0.2, 0) is 6.54 Å². The van der Waals surface area contributed by atoms with E-state index in [1.807, 2.05) is 0 Å². The van der Waals surface area contributed by atoms with Crippen molar-refractivity contribution in [1.82, 2.24) is 9.80 Å². The van der Waals surface area contributed by atoms with Crippen LogP contribution in [0.5, 0.6) is 0 Å². The Morgan fingerprint density at radius 2 is 2.20 bits per heavy atom. The van der Waals surface area contributed by atoms with Gasteiger partial charge in [0.1, 0.15) is 6.61 Å². The normalized spacial score (nSPS) is 17.2. The molecule has 110 valence electrons. The van der Waals surface area contributed by atoms with Gasteiger partial charge in [0.15, 0.2) is 0 Å². The lowest BCUT2D eigenvalue weighted by Crippen LogP contribution is -2.42. The van der Waals surface area contributed by atoms with Crippen LogP contribution in [0.4, 0.5) is 0 Å². The van der Waals surface area contributed by atoms with Crippen LogP contribution < -0.4 is 0 Å². The molecule has 1 aromatic rings. The standard InChI is InChI=1S/C16H24N2OS/c1-3-18-8-6-15(7-9-18)17(2)12-16-11-14(13-20-16)5-4-10-19/h11,13,15,19H,3,6-10,12H2,1-2H3. The fourth-order valence-corrected chi connectivity index (χ4v) is 3.60. The summed E-state index contributed by atoms with van der Waals surface area (Å²) in [5.74, 6) is 5.67. The summed E-state index contributed by atoms with van der Waals surface area (Å²) in [4.78, 5) is 6.35. The maximum absolute atomic E-state index is 8.71. The van der Waals surface area contributed by atoms with E-state index in [2.05, 4.69) is 47.1 Å². The van der Waals surface area contributed by atoms with Crippen LogP contribution in [0.25, 0.3) is 0 Å². The van der Waals surface area contributed by atoms with Crippen LogP contribution >= 0.6 is 11.3 Å². The van der Waals surface area contributed by atoms with Crippen LogP contribution in [0.15, 0.2) is 11.4 Å². The predicted octanol–water partition coefficient (Wildman–Crippen LogP) is 2.01. The van der Waals surface area contributed by atoms with Crippen molar-refractivity contribution in [3.05, 3.63) is 21.9 Å². The zero-order valence-electron chi connectivity index (χ0n) is 12.4. The van der Waals surface area contributed by atoms with Crippen LogP contribution in [0.2, 0.25) is 0 Å². The van der Waals surface area contributed by atoms with Crippen molar-refractivity contribution in [2.75, 3.05) is 33.3 Å². The van der Waals surface area contributed by atoms with E-state index in [9.17, 15) is 0 Å². The molecule has 0 amide bonds. The number of nitrogens with zero attached hydrogens (tertiary/aromatic N) is 2. The predicted molar refractivity (Wildman–Crippen MR) is 84.9 cm³/mol. The summed E-state index contributed by atoms with van der Waals surface area (Å²) in [6.07, 6.45) is 2.54. The number of aliphatic hydroxyl groups is 1. The lowest BCUT2D eigenvalue weighted by Gasteiger charge is -2.36. The first-order valence-corrected chi connectivity index (χ1v) is 8.20. The van der Waals surface area contributed by atoms with Crippen molar-refractivity contribution in [2.45, 2.75) is 32.4 Å². The van der Waals surface area contributed by atoms with Gasteiger partial charge in [-0.15, -0.1) is 11.3 Å². The molecule has 1 aromatic heterocycles. The van der Waals surface area contributed by atoms with Gasteiger partial charge in [-0.25, -0.2) is 0 Å². The molecule has 3 nitrogen and oxygen atoms in total. The number of hydrogen-bond acceptors (Lipinski definition) is 4. The van der Waals surface area contributed by atoms with E-state index in [0.29, 0.717) is 6.04 Å². The maximum atomic E-state index is 8.71. The largest absolute Gasteiger partial charge is 0.384 e. The van der Waals surface area contributed by atoms with E-state index in [1.165, 1.54) is 37.4 Å². The molecule has 4 heteroatoms. The average Bonchev–Trinajstić information content (AvgIpc) is 2.92. The van der Waals surface area contributed by atoms with Gasteiger partial charge in [0.25, 0.3) is 0 Å². The summed E-state index contributed by atoms with van der Waals surface area (Å²) in [5, 5.41) is 10.8. The molecule has 1 aliphatic rings. The third kappa shape index (κ3) is 4.32. The van der Waals surface area contributed by atoms with Gasteiger partial charge in [-0.2, -0.15) is 0 Å². The topological polar surface area (TPSA) is 26.7 Å². The third-order valence-electron chi connectivity index (χ3n) is 4.00. The van der Waals surface area contributed by atoms with Gasteiger partial charge in [0, 0.05) is 28.4 Å². The van der Waals surface area contributed by atoms with E-state index in [-0.39, 0.29) is 6.61 Å². The molecule has 0 aliphatic carbocycles. The molecule has 0 aromatic carbocycles. The first-order valence-electron chi connectivity index (χ1n) is 7.32. The Hall–Kier alpha value is -0.860. The van der Waals surface area contributed by atoms with E-state index in [1.54, 1.807) is 11.3 Å². The Kier molecular flexibility index (Phi) is 6.06. The van der Waals surface area contributed by atoms with E-state index in [4.69, 9.17) is 5.11 Å². The minimum absolute atomic E-state index is 0.0684. The SMILES string of the molecule is CCN1CCC(N(C)Cc2cc(C#CCO)cs2)CC1. The molecule has 0 bridgehead atoms. The highest BCUT2D eigenvalue weighted by Crippen LogP contribution is 2.20. The van der Waals surface area contributed by atoms with Gasteiger partial charge in [-0.1, -0.05) is 18.8 Å². The fourth-order valence-electron chi connectivity index (χ4n) is 2.72. The molecule has 0 atom stereocenters. The van der Waals surface area contributed by atoms with E-state index in [0.717, 1.165) is 12.1 Å². The van der Waals surface area contributed by atoms with Gasteiger partial charge in [-0.3, -0.25) is 4.90 Å². The molecule has 1 fully saturated rings. The lowest BCUT2D eigenvalue weighted by atomic mass is 10.0. The minimum Gasteiger partial charge on any atom is -0.384 e. The van der Waals surface area contributed by atoms with Gasteiger partial charge in [0.2, 0.25) is 0 Å². The summed E-state index contributed by atoms with van der Waals surface area (Å²) in [6, 6.07) is 2.84. The first kappa shape index (κ1) is 15.5. The second-order valence-electron chi connectivity index (χ2n) is 5.34. The van der Waals surface area contributed by atoms with Gasteiger partial charge in [-0.05, 0) is 45.6 Å². The van der Waals surface area contributed by atoms with E-state index < -0.39 is 0 Å². The third-order valence-corrected chi connectivity index (χ3v) is 4.92. The summed E-state index contributed by atoms with van der Waals surface area (Å²) >= 11 is 1.76. The van der Waals surface area contributed by atoms with Gasteiger partial charge >= 0.3 is 0 Å². The summed E-state index contributed by atoms with van der Waals surface area (Å²) < 4.78 is 0. The molecule has 1 saturated heterocycles. The van der Waals surface area contributed by atoms with Crippen molar-refractivity contribution < 1.29 is 5.11 Å². The van der Waals surface area contributed by atoms with Crippen molar-refractivity contribution >= 4 is 11.3 Å². The zero-order chi connectivity index (χ0) is 14.4. The van der Waals surface area contributed by atoms with Crippen LogP contribution in [0, 0.1) is 11.8 Å². The number of rotatable bonds is 4. The Morgan fingerprint density at radius 3 is 2.85 bits per heavy atom. The molecule has 20 heavy (non-hydrogen) atoms. The Morgan fingerprint density at radius 1 is 1.45 bits per heavy atom. The van der Waals surface area contributed by atoms with Crippen molar-refractivity contribution in [1.29, 1.82) is 0 Å². The lowest BCUT2D eigenvalue weighted by molar-refractivity contribution is 0.128. The molecule has 0 radical (unpaired) electrons. The number of hydrogen-bond donors (Lipinski definition) is 1. The summed E-state index contributed by atoms with van der Waals surface area (Å²) in [7, 11) is 2.23. The van der Waals surface area contributed by atoms with Crippen LogP contribution in [0.3, 0.4) is 0 Å². The molecule has 0 spiro atoms. The van der Waals surface area contributed by atoms with Crippen molar-refractivity contribution in [3.63, 3.8) is 0 Å². The molecule has 0 unspecified atom stereocenters. The number of likely N-dealkylation sites (tertiary alicyclic amines) is 1. The quantitative estimate of drug-likeness (QED) is 0.860. The molecular formula is C16H24N2OS. The molecule has 2 heterocycles. The summed E-state index contributed by atoms with van der Waals surface area (Å²) in [5.41, 5.74) is 1.02. The number of thiophene rings is 1. The molecule has 1 aliphatic heterocycles. The van der Waals surface area contributed by atoms with Crippen LogP contribution in [-0.4, -0.2) is 54.2 Å². The summed E-state index contributed by atoms with van der Waals surface area (Å²) in [6.45, 7) is 6.80. The van der Waals surface area contributed by atoms with Crippen LogP contribution in [0.1, 0.15) is 30.2 Å².